The first-order chi connectivity index (χ1) is 7.22. The molecule has 3 N–H and O–H groups in total. The molecule has 5 nitrogen and oxygen atoms in total. The van der Waals surface area contributed by atoms with Crippen LogP contribution in [0.2, 0.25) is 5.15 Å². The molecule has 0 aromatic carbocycles. The number of aromatic nitrogens is 1. The van der Waals surface area contributed by atoms with Gasteiger partial charge in [0.25, 0.3) is 0 Å². The zero-order valence-corrected chi connectivity index (χ0v) is 9.28. The van der Waals surface area contributed by atoms with Gasteiger partial charge in [-0.15, -0.1) is 0 Å². The Morgan fingerprint density at radius 1 is 1.67 bits per heavy atom. The number of hydrogen-bond acceptors (Lipinski definition) is 5. The second kappa shape index (κ2) is 5.31. The fourth-order valence-electron chi connectivity index (χ4n) is 1.14. The second-order valence-corrected chi connectivity index (χ2v) is 3.09. The zero-order valence-electron chi connectivity index (χ0n) is 8.53. The first-order valence-electron chi connectivity index (χ1n) is 4.26. The number of nitrogens with two attached hydrogens (primary N) is 1. The highest BCUT2D eigenvalue weighted by Gasteiger charge is 2.07. The predicted molar refractivity (Wildman–Crippen MR) is 63.9 cm³/mol. The van der Waals surface area contributed by atoms with Gasteiger partial charge in [0.15, 0.2) is 0 Å². The Balaban J connectivity index is 3.23. The van der Waals surface area contributed by atoms with E-state index in [-0.39, 0.29) is 0 Å². The monoisotopic (exact) mass is 225 g/mol. The molecule has 1 heterocycles. The van der Waals surface area contributed by atoms with E-state index in [1.807, 2.05) is 0 Å². The third-order valence-corrected chi connectivity index (χ3v) is 2.01. The van der Waals surface area contributed by atoms with E-state index in [2.05, 4.69) is 20.4 Å². The van der Waals surface area contributed by atoms with Crippen LogP contribution < -0.4 is 11.2 Å². The Morgan fingerprint density at radius 2 is 2.40 bits per heavy atom. The van der Waals surface area contributed by atoms with Gasteiger partial charge >= 0.3 is 0 Å². The Bertz CT molecular complexity index is 399. The number of aliphatic imine (C=N–C) groups is 1. The highest BCUT2D eigenvalue weighted by molar-refractivity contribution is 6.39. The van der Waals surface area contributed by atoms with Crippen LogP contribution in [0.25, 0.3) is 0 Å². The van der Waals surface area contributed by atoms with Gasteiger partial charge in [0.05, 0.1) is 0 Å². The quantitative estimate of drug-likeness (QED) is 0.351. The van der Waals surface area contributed by atoms with Gasteiger partial charge in [-0.25, -0.2) is 4.98 Å². The minimum atomic E-state index is 0.410. The van der Waals surface area contributed by atoms with Gasteiger partial charge in [0, 0.05) is 37.8 Å². The average Bonchev–Trinajstić information content (AvgIpc) is 2.26. The fourth-order valence-corrected chi connectivity index (χ4v) is 1.29. The largest absolute Gasteiger partial charge is 0.387 e. The fraction of sp³-hybridized carbons (Fsp3) is 0.222. The molecule has 0 atom stereocenters. The summed E-state index contributed by atoms with van der Waals surface area (Å²) in [5.41, 5.74) is 2.11. The van der Waals surface area contributed by atoms with Gasteiger partial charge in [-0.3, -0.25) is 4.99 Å². The van der Waals surface area contributed by atoms with Crippen molar-refractivity contribution >= 4 is 29.2 Å². The third-order valence-electron chi connectivity index (χ3n) is 1.81. The van der Waals surface area contributed by atoms with Crippen molar-refractivity contribution in [2.45, 2.75) is 0 Å². The normalized spacial score (nSPS) is 12.1. The predicted octanol–water partition coefficient (Wildman–Crippen LogP) is 1.14. The van der Waals surface area contributed by atoms with Crippen molar-refractivity contribution in [2.75, 3.05) is 19.4 Å². The van der Waals surface area contributed by atoms with Gasteiger partial charge in [-0.05, 0) is 6.07 Å². The van der Waals surface area contributed by atoms with Gasteiger partial charge in [0.1, 0.15) is 10.9 Å². The standard InChI is InChI=1S/C9H12ClN5/c1-12-5-8(15-11)6-4-14-9(10)3-7(6)13-2/h3-5H,11H2,1-2H3,(H,13,14)/b12-5?,15-8+. The summed E-state index contributed by atoms with van der Waals surface area (Å²) in [5.74, 6) is 5.26. The molecule has 0 aliphatic carbocycles. The Kier molecular flexibility index (Phi) is 4.05. The van der Waals surface area contributed by atoms with E-state index in [0.717, 1.165) is 11.3 Å². The zero-order chi connectivity index (χ0) is 11.3. The van der Waals surface area contributed by atoms with Gasteiger partial charge in [-0.2, -0.15) is 5.10 Å². The van der Waals surface area contributed by atoms with Crippen molar-refractivity contribution < 1.29 is 0 Å². The summed E-state index contributed by atoms with van der Waals surface area (Å²) in [6, 6.07) is 1.70. The summed E-state index contributed by atoms with van der Waals surface area (Å²) < 4.78 is 0. The minimum absolute atomic E-state index is 0.410. The van der Waals surface area contributed by atoms with E-state index >= 15 is 0 Å². The van der Waals surface area contributed by atoms with Crippen LogP contribution in [0, 0.1) is 0 Å². The molecule has 0 spiro atoms. The van der Waals surface area contributed by atoms with E-state index in [1.165, 1.54) is 0 Å². The summed E-state index contributed by atoms with van der Waals surface area (Å²) in [7, 11) is 3.43. The molecule has 0 radical (unpaired) electrons. The number of anilines is 1. The number of rotatable bonds is 3. The lowest BCUT2D eigenvalue weighted by Gasteiger charge is -2.07. The second-order valence-electron chi connectivity index (χ2n) is 2.70. The molecule has 0 unspecified atom stereocenters. The molecular weight excluding hydrogens is 214 g/mol. The molecule has 1 rings (SSSR count). The number of hydrogen-bond donors (Lipinski definition) is 2. The van der Waals surface area contributed by atoms with Crippen molar-refractivity contribution in [1.82, 2.24) is 4.98 Å². The number of halogens is 1. The number of pyridine rings is 1. The van der Waals surface area contributed by atoms with Crippen LogP contribution in [-0.2, 0) is 0 Å². The average molecular weight is 226 g/mol. The smallest absolute Gasteiger partial charge is 0.131 e. The summed E-state index contributed by atoms with van der Waals surface area (Å²) in [6.07, 6.45) is 3.16. The molecule has 0 bridgehead atoms. The van der Waals surface area contributed by atoms with Gasteiger partial charge < -0.3 is 11.2 Å². The maximum absolute atomic E-state index is 5.76. The van der Waals surface area contributed by atoms with E-state index in [1.54, 1.807) is 32.6 Å². The van der Waals surface area contributed by atoms with Crippen LogP contribution >= 0.6 is 11.6 Å². The third kappa shape index (κ3) is 2.66. The van der Waals surface area contributed by atoms with Crippen LogP contribution in [0.3, 0.4) is 0 Å². The molecule has 0 fully saturated rings. The molecule has 1 aromatic rings. The molecule has 0 aliphatic rings. The molecule has 80 valence electrons. The van der Waals surface area contributed by atoms with Crippen LogP contribution in [-0.4, -0.2) is 31.0 Å². The van der Waals surface area contributed by atoms with Gasteiger partial charge in [0.2, 0.25) is 0 Å². The van der Waals surface area contributed by atoms with Crippen LogP contribution in [0.4, 0.5) is 5.69 Å². The van der Waals surface area contributed by atoms with Crippen molar-refractivity contribution in [3.05, 3.63) is 23.0 Å². The van der Waals surface area contributed by atoms with Crippen molar-refractivity contribution in [2.24, 2.45) is 15.9 Å². The lowest BCUT2D eigenvalue weighted by atomic mass is 10.1. The molecular formula is C9H12ClN5. The topological polar surface area (TPSA) is 75.7 Å². The highest BCUT2D eigenvalue weighted by atomic mass is 35.5. The first-order valence-corrected chi connectivity index (χ1v) is 4.64. The maximum Gasteiger partial charge on any atom is 0.131 e. The Morgan fingerprint density at radius 3 is 2.93 bits per heavy atom. The molecule has 0 aliphatic heterocycles. The summed E-state index contributed by atoms with van der Waals surface area (Å²) >= 11 is 5.76. The lowest BCUT2D eigenvalue weighted by molar-refractivity contribution is 1.24. The first kappa shape index (κ1) is 11.5. The molecule has 0 saturated carbocycles. The summed E-state index contributed by atoms with van der Waals surface area (Å²) in [6.45, 7) is 0. The Labute approximate surface area is 93.1 Å². The molecule has 6 heteroatoms. The lowest BCUT2D eigenvalue weighted by Crippen LogP contribution is -2.09. The molecule has 15 heavy (non-hydrogen) atoms. The molecule has 1 aromatic heterocycles. The van der Waals surface area contributed by atoms with Crippen molar-refractivity contribution in [1.29, 1.82) is 0 Å². The summed E-state index contributed by atoms with van der Waals surface area (Å²) in [5, 5.41) is 7.03. The number of nitrogens with zero attached hydrogens (tertiary/aromatic N) is 3. The minimum Gasteiger partial charge on any atom is -0.387 e. The Hall–Kier alpha value is -1.62. The van der Waals surface area contributed by atoms with E-state index in [0.29, 0.717) is 10.9 Å². The highest BCUT2D eigenvalue weighted by Crippen LogP contribution is 2.18. The van der Waals surface area contributed by atoms with Gasteiger partial charge in [-0.1, -0.05) is 11.6 Å². The van der Waals surface area contributed by atoms with E-state index in [4.69, 9.17) is 17.4 Å². The van der Waals surface area contributed by atoms with Crippen LogP contribution in [0.15, 0.2) is 22.4 Å². The van der Waals surface area contributed by atoms with Crippen molar-refractivity contribution in [3.63, 3.8) is 0 Å². The molecule has 0 saturated heterocycles. The SMILES string of the molecule is CN=C/C(=N\N)c1cnc(Cl)cc1NC. The molecule has 0 amide bonds. The summed E-state index contributed by atoms with van der Waals surface area (Å²) in [4.78, 5) is 7.82. The number of nitrogens with one attached hydrogen (secondary N) is 1. The maximum atomic E-state index is 5.76. The van der Waals surface area contributed by atoms with Crippen LogP contribution in [0.1, 0.15) is 5.56 Å². The van der Waals surface area contributed by atoms with Crippen molar-refractivity contribution in [3.8, 4) is 0 Å². The van der Waals surface area contributed by atoms with Crippen LogP contribution in [0.5, 0.6) is 0 Å². The van der Waals surface area contributed by atoms with E-state index in [9.17, 15) is 0 Å². The van der Waals surface area contributed by atoms with E-state index < -0.39 is 0 Å². The number of hydrazone groups is 1.